The summed E-state index contributed by atoms with van der Waals surface area (Å²) in [4.78, 5) is 0. The summed E-state index contributed by atoms with van der Waals surface area (Å²) < 4.78 is 9.34. The lowest BCUT2D eigenvalue weighted by atomic mass is 9.81. The monoisotopic (exact) mass is 768 g/mol. The van der Waals surface area contributed by atoms with Crippen LogP contribution >= 0.6 is 11.3 Å². The predicted molar refractivity (Wildman–Crippen MR) is 253 cm³/mol. The third-order valence-corrected chi connectivity index (χ3v) is 14.4. The van der Waals surface area contributed by atoms with E-state index in [-0.39, 0.29) is 5.41 Å². The fourth-order valence-corrected chi connectivity index (χ4v) is 11.7. The minimum atomic E-state index is -0.0263. The molecular weight excluding hydrogens is 733 g/mol. The highest BCUT2D eigenvalue weighted by Crippen LogP contribution is 2.52. The molecule has 0 atom stereocenters. The molecular formula is C57H36OS. The van der Waals surface area contributed by atoms with Crippen LogP contribution in [-0.2, 0) is 5.41 Å². The van der Waals surface area contributed by atoms with Crippen molar-refractivity contribution in [3.8, 4) is 44.5 Å². The zero-order valence-electron chi connectivity index (χ0n) is 32.6. The molecule has 0 bridgehead atoms. The summed E-state index contributed by atoms with van der Waals surface area (Å²) in [6, 6.07) is 67.6. The van der Waals surface area contributed by atoms with E-state index in [9.17, 15) is 0 Å². The molecule has 0 fully saturated rings. The second-order valence-corrected chi connectivity index (χ2v) is 17.8. The number of fused-ring (bicyclic) bond motifs is 13. The lowest BCUT2D eigenvalue weighted by Gasteiger charge is -2.22. The summed E-state index contributed by atoms with van der Waals surface area (Å²) in [7, 11) is 0. The second kappa shape index (κ2) is 12.0. The van der Waals surface area contributed by atoms with Gasteiger partial charge >= 0.3 is 0 Å². The summed E-state index contributed by atoms with van der Waals surface area (Å²) in [6.45, 7) is 4.70. The van der Waals surface area contributed by atoms with Crippen molar-refractivity contribution in [2.45, 2.75) is 19.3 Å². The molecule has 0 aliphatic heterocycles. The van der Waals surface area contributed by atoms with Crippen LogP contribution in [0.15, 0.2) is 186 Å². The number of thiophene rings is 1. The minimum Gasteiger partial charge on any atom is -0.456 e. The highest BCUT2D eigenvalue weighted by molar-refractivity contribution is 7.25. The molecule has 1 aliphatic carbocycles. The van der Waals surface area contributed by atoms with Gasteiger partial charge in [0.05, 0.1) is 0 Å². The molecule has 10 aromatic carbocycles. The Morgan fingerprint density at radius 1 is 0.356 bits per heavy atom. The van der Waals surface area contributed by atoms with Crippen molar-refractivity contribution in [3.63, 3.8) is 0 Å². The van der Waals surface area contributed by atoms with E-state index in [2.05, 4.69) is 196 Å². The van der Waals surface area contributed by atoms with Crippen molar-refractivity contribution < 1.29 is 4.42 Å². The van der Waals surface area contributed by atoms with Crippen LogP contribution in [0.25, 0.3) is 119 Å². The van der Waals surface area contributed by atoms with Crippen molar-refractivity contribution in [2.75, 3.05) is 0 Å². The topological polar surface area (TPSA) is 13.1 Å². The Morgan fingerprint density at radius 2 is 0.915 bits per heavy atom. The van der Waals surface area contributed by atoms with Crippen molar-refractivity contribution in [1.29, 1.82) is 0 Å². The van der Waals surface area contributed by atoms with Gasteiger partial charge in [0.2, 0.25) is 0 Å². The summed E-state index contributed by atoms with van der Waals surface area (Å²) >= 11 is 1.85. The van der Waals surface area contributed by atoms with Crippen LogP contribution < -0.4 is 0 Å². The van der Waals surface area contributed by atoms with Gasteiger partial charge in [0.25, 0.3) is 0 Å². The highest BCUT2D eigenvalue weighted by atomic mass is 32.1. The van der Waals surface area contributed by atoms with Crippen LogP contribution in [0, 0.1) is 0 Å². The van der Waals surface area contributed by atoms with E-state index in [0.717, 1.165) is 11.2 Å². The van der Waals surface area contributed by atoms with Crippen LogP contribution in [0.2, 0.25) is 0 Å². The first-order valence-corrected chi connectivity index (χ1v) is 21.3. The summed E-state index contributed by atoms with van der Waals surface area (Å²) in [5.41, 5.74) is 14.7. The molecule has 2 aromatic heterocycles. The molecule has 1 nitrogen and oxygen atoms in total. The molecule has 0 spiro atoms. The number of rotatable bonds is 3. The van der Waals surface area contributed by atoms with E-state index in [1.165, 1.54) is 119 Å². The molecule has 0 N–H and O–H groups in total. The average Bonchev–Trinajstić information content (AvgIpc) is 3.91. The molecule has 59 heavy (non-hydrogen) atoms. The Bertz CT molecular complexity index is 3690. The number of benzene rings is 10. The second-order valence-electron chi connectivity index (χ2n) is 16.7. The molecule has 0 amide bonds. The fourth-order valence-electron chi connectivity index (χ4n) is 10.5. The van der Waals surface area contributed by atoms with Gasteiger partial charge in [-0.25, -0.2) is 0 Å². The van der Waals surface area contributed by atoms with Gasteiger partial charge in [-0.1, -0.05) is 166 Å². The highest BCUT2D eigenvalue weighted by Gasteiger charge is 2.35. The SMILES string of the molecule is CC1(C)c2ccccc2-c2cc(-c3c4ccccc4c(-c4ccc(-c5cc6oc7cc8c(cc7c6c6ccccc56)sc5ccccc58)cc4)c4ccccc34)ccc21. The molecule has 276 valence electrons. The lowest BCUT2D eigenvalue weighted by Crippen LogP contribution is -2.14. The molecule has 12 aromatic rings. The standard InChI is InChI=1S/C57H36OS/c1-57(2)48-21-11-9-14-37(48)45-29-35(27-28-49(45)57)55-42-19-7-5-17-40(42)54(41-18-6-8-20-43(41)55)34-25-23-33(24-26-34)44-30-51-56(39-16-4-3-13-36(39)44)47-32-53-46(31-50(47)58-51)38-15-10-12-22-52(38)59-53/h3-32H,1-2H3. The largest absolute Gasteiger partial charge is 0.456 e. The quantitative estimate of drug-likeness (QED) is 0.163. The Morgan fingerprint density at radius 3 is 1.64 bits per heavy atom. The molecule has 0 saturated heterocycles. The zero-order chi connectivity index (χ0) is 39.0. The maximum atomic E-state index is 6.74. The molecule has 0 saturated carbocycles. The van der Waals surface area contributed by atoms with Gasteiger partial charge in [-0.05, 0) is 118 Å². The normalized spacial score (nSPS) is 13.4. The number of hydrogen-bond acceptors (Lipinski definition) is 2. The van der Waals surface area contributed by atoms with Crippen molar-refractivity contribution >= 4 is 85.8 Å². The van der Waals surface area contributed by atoms with Gasteiger partial charge in [-0.3, -0.25) is 0 Å². The van der Waals surface area contributed by atoms with Crippen molar-refractivity contribution in [1.82, 2.24) is 0 Å². The van der Waals surface area contributed by atoms with Crippen LogP contribution in [-0.4, -0.2) is 0 Å². The molecule has 2 heteroatoms. The number of furan rings is 1. The van der Waals surface area contributed by atoms with Crippen LogP contribution in [0.5, 0.6) is 0 Å². The first kappa shape index (κ1) is 33.0. The van der Waals surface area contributed by atoms with Gasteiger partial charge in [0.15, 0.2) is 0 Å². The third kappa shape index (κ3) is 4.61. The molecule has 1 aliphatic rings. The van der Waals surface area contributed by atoms with E-state index in [1.54, 1.807) is 0 Å². The minimum absolute atomic E-state index is 0.0263. The van der Waals surface area contributed by atoms with Gasteiger partial charge in [0.1, 0.15) is 11.2 Å². The first-order valence-electron chi connectivity index (χ1n) is 20.5. The van der Waals surface area contributed by atoms with Crippen molar-refractivity contribution in [3.05, 3.63) is 193 Å². The van der Waals surface area contributed by atoms with Gasteiger partial charge < -0.3 is 4.42 Å². The summed E-state index contributed by atoms with van der Waals surface area (Å²) in [6.07, 6.45) is 0. The van der Waals surface area contributed by atoms with Crippen LogP contribution in [0.1, 0.15) is 25.0 Å². The molecule has 0 unspecified atom stereocenters. The van der Waals surface area contributed by atoms with Gasteiger partial charge in [-0.2, -0.15) is 0 Å². The van der Waals surface area contributed by atoms with E-state index in [1.807, 2.05) is 11.3 Å². The Labute approximate surface area is 345 Å². The van der Waals surface area contributed by atoms with E-state index in [4.69, 9.17) is 4.42 Å². The van der Waals surface area contributed by atoms with Gasteiger partial charge in [-0.15, -0.1) is 11.3 Å². The number of hydrogen-bond donors (Lipinski definition) is 0. The Balaban J connectivity index is 0.973. The Hall–Kier alpha value is -7.00. The third-order valence-electron chi connectivity index (χ3n) is 13.3. The van der Waals surface area contributed by atoms with Crippen LogP contribution in [0.4, 0.5) is 0 Å². The van der Waals surface area contributed by atoms with E-state index < -0.39 is 0 Å². The van der Waals surface area contributed by atoms with E-state index >= 15 is 0 Å². The fraction of sp³-hybridized carbons (Fsp3) is 0.0526. The molecule has 0 radical (unpaired) electrons. The zero-order valence-corrected chi connectivity index (χ0v) is 33.5. The molecule has 2 heterocycles. The predicted octanol–water partition coefficient (Wildman–Crippen LogP) is 16.7. The lowest BCUT2D eigenvalue weighted by molar-refractivity contribution is 0.660. The first-order chi connectivity index (χ1) is 29.0. The smallest absolute Gasteiger partial charge is 0.136 e. The van der Waals surface area contributed by atoms with Gasteiger partial charge in [0, 0.05) is 36.4 Å². The molecule has 13 rings (SSSR count). The summed E-state index contributed by atoms with van der Waals surface area (Å²) in [5, 5.41) is 12.4. The van der Waals surface area contributed by atoms with Crippen LogP contribution in [0.3, 0.4) is 0 Å². The maximum absolute atomic E-state index is 6.74. The Kier molecular flexibility index (Phi) is 6.73. The maximum Gasteiger partial charge on any atom is 0.136 e. The van der Waals surface area contributed by atoms with E-state index in [0.29, 0.717) is 0 Å². The average molecular weight is 769 g/mol. The van der Waals surface area contributed by atoms with Crippen molar-refractivity contribution in [2.24, 2.45) is 0 Å². The summed E-state index contributed by atoms with van der Waals surface area (Å²) in [5.74, 6) is 0.